The Balaban J connectivity index is 1.76. The molecule has 0 atom stereocenters. The van der Waals surface area contributed by atoms with Crippen molar-refractivity contribution < 1.29 is 9.59 Å². The number of benzene rings is 6. The lowest BCUT2D eigenvalue weighted by Gasteiger charge is -2.17. The van der Waals surface area contributed by atoms with E-state index in [1.54, 1.807) is 0 Å². The van der Waals surface area contributed by atoms with E-state index in [4.69, 9.17) is 0 Å². The Morgan fingerprint density at radius 2 is 0.938 bits per heavy atom. The quantitative estimate of drug-likeness (QED) is 0.231. The normalized spacial score (nSPS) is 11.4. The van der Waals surface area contributed by atoms with Crippen LogP contribution >= 0.6 is 0 Å². The van der Waals surface area contributed by atoms with Crippen LogP contribution in [0.4, 0.5) is 0 Å². The molecule has 0 saturated carbocycles. The molecule has 0 aromatic heterocycles. The maximum absolute atomic E-state index is 13.7. The first-order valence-electron chi connectivity index (χ1n) is 10.6. The summed E-state index contributed by atoms with van der Waals surface area (Å²) in [5.41, 5.74) is 2.34. The molecule has 0 aliphatic carbocycles. The van der Waals surface area contributed by atoms with Gasteiger partial charge in [-0.1, -0.05) is 97.1 Å². The molecule has 6 aromatic rings. The Hall–Kier alpha value is -4.30. The Morgan fingerprint density at radius 1 is 0.406 bits per heavy atom. The van der Waals surface area contributed by atoms with Gasteiger partial charge in [0.15, 0.2) is 11.6 Å². The van der Waals surface area contributed by atoms with Crippen LogP contribution in [0.3, 0.4) is 0 Å². The summed E-state index contributed by atoms with van der Waals surface area (Å²) in [7, 11) is 0. The van der Waals surface area contributed by atoms with Crippen LogP contribution in [-0.2, 0) is 0 Å². The van der Waals surface area contributed by atoms with Gasteiger partial charge in [-0.15, -0.1) is 0 Å². The summed E-state index contributed by atoms with van der Waals surface area (Å²) in [6.45, 7) is 0. The summed E-state index contributed by atoms with van der Waals surface area (Å²) in [6.07, 6.45) is 0. The van der Waals surface area contributed by atoms with E-state index in [0.717, 1.165) is 32.3 Å². The highest BCUT2D eigenvalue weighted by atomic mass is 16.1. The molecule has 32 heavy (non-hydrogen) atoms. The van der Waals surface area contributed by atoms with Crippen molar-refractivity contribution in [2.45, 2.75) is 0 Å². The Morgan fingerprint density at radius 3 is 1.59 bits per heavy atom. The minimum atomic E-state index is -0.0781. The Labute approximate surface area is 185 Å². The van der Waals surface area contributed by atoms with Gasteiger partial charge in [0, 0.05) is 27.6 Å². The lowest BCUT2D eigenvalue weighted by Crippen LogP contribution is -2.08. The monoisotopic (exact) mass is 410 g/mol. The zero-order chi connectivity index (χ0) is 21.7. The number of carbonyl (C=O) groups is 2. The molecule has 2 heteroatoms. The summed E-state index contributed by atoms with van der Waals surface area (Å²) >= 11 is 0. The maximum atomic E-state index is 13.7. The molecule has 6 rings (SSSR count). The molecule has 0 unspecified atom stereocenters. The van der Waals surface area contributed by atoms with E-state index in [1.807, 2.05) is 91.0 Å². The first-order chi connectivity index (χ1) is 15.7. The molecule has 0 aliphatic heterocycles. The second kappa shape index (κ2) is 7.14. The molecule has 0 heterocycles. The van der Waals surface area contributed by atoms with Crippen molar-refractivity contribution in [3.8, 4) is 0 Å². The fourth-order valence-electron chi connectivity index (χ4n) is 4.71. The maximum Gasteiger partial charge on any atom is 0.193 e. The second-order valence-electron chi connectivity index (χ2n) is 8.05. The van der Waals surface area contributed by atoms with Gasteiger partial charge in [0.2, 0.25) is 0 Å². The third kappa shape index (κ3) is 2.74. The van der Waals surface area contributed by atoms with Gasteiger partial charge >= 0.3 is 0 Å². The van der Waals surface area contributed by atoms with Gasteiger partial charge in [-0.3, -0.25) is 9.59 Å². The third-order valence-electron chi connectivity index (χ3n) is 6.19. The van der Waals surface area contributed by atoms with Crippen LogP contribution in [0.15, 0.2) is 109 Å². The molecule has 0 bridgehead atoms. The molecule has 0 N–H and O–H groups in total. The lowest BCUT2D eigenvalue weighted by molar-refractivity contribution is 0.103. The van der Waals surface area contributed by atoms with Crippen molar-refractivity contribution in [1.29, 1.82) is 0 Å². The highest BCUT2D eigenvalue weighted by Crippen LogP contribution is 2.39. The second-order valence-corrected chi connectivity index (χ2v) is 8.05. The van der Waals surface area contributed by atoms with Gasteiger partial charge in [-0.2, -0.15) is 0 Å². The Bertz CT molecular complexity index is 1630. The molecule has 0 spiro atoms. The van der Waals surface area contributed by atoms with Gasteiger partial charge in [-0.25, -0.2) is 0 Å². The molecule has 0 aliphatic rings. The van der Waals surface area contributed by atoms with Crippen LogP contribution in [0.1, 0.15) is 31.8 Å². The van der Waals surface area contributed by atoms with E-state index in [0.29, 0.717) is 22.3 Å². The minimum absolute atomic E-state index is 0.0771. The van der Waals surface area contributed by atoms with Crippen LogP contribution in [-0.4, -0.2) is 11.6 Å². The summed E-state index contributed by atoms with van der Waals surface area (Å²) in [6, 6.07) is 34.6. The summed E-state index contributed by atoms with van der Waals surface area (Å²) in [5.74, 6) is -0.155. The fraction of sp³-hybridized carbons (Fsp3) is 0. The smallest absolute Gasteiger partial charge is 0.193 e. The largest absolute Gasteiger partial charge is 0.289 e. The first-order valence-corrected chi connectivity index (χ1v) is 10.6. The summed E-state index contributed by atoms with van der Waals surface area (Å²) in [5, 5.41) is 5.92. The highest BCUT2D eigenvalue weighted by molar-refractivity contribution is 6.33. The molecule has 0 fully saturated rings. The molecule has 6 aromatic carbocycles. The standard InChI is InChI=1S/C30H18O2/c31-29(21-8-3-1-4-9-21)24-17-16-20-15-14-19-12-7-13-23-18-25(28(24)27(20)26(19)23)30(32)22-10-5-2-6-11-22/h1-18H. The van der Waals surface area contributed by atoms with Crippen LogP contribution in [0.5, 0.6) is 0 Å². The molecule has 0 amide bonds. The average molecular weight is 410 g/mol. The van der Waals surface area contributed by atoms with Crippen molar-refractivity contribution in [2.24, 2.45) is 0 Å². The molecule has 0 radical (unpaired) electrons. The predicted molar refractivity (Wildman–Crippen MR) is 130 cm³/mol. The van der Waals surface area contributed by atoms with E-state index in [1.165, 1.54) is 0 Å². The SMILES string of the molecule is O=C(c1ccccc1)c1ccc2ccc3cccc4cc(C(=O)c5ccccc5)c1c2c34. The van der Waals surface area contributed by atoms with Crippen LogP contribution < -0.4 is 0 Å². The number of rotatable bonds is 4. The first kappa shape index (κ1) is 18.5. The van der Waals surface area contributed by atoms with E-state index in [9.17, 15) is 9.59 Å². The zero-order valence-electron chi connectivity index (χ0n) is 17.2. The number of hydrogen-bond acceptors (Lipinski definition) is 2. The topological polar surface area (TPSA) is 34.1 Å². The molecular formula is C30H18O2. The molecule has 150 valence electrons. The van der Waals surface area contributed by atoms with Crippen molar-refractivity contribution in [2.75, 3.05) is 0 Å². The van der Waals surface area contributed by atoms with E-state index >= 15 is 0 Å². The summed E-state index contributed by atoms with van der Waals surface area (Å²) < 4.78 is 0. The van der Waals surface area contributed by atoms with Crippen LogP contribution in [0, 0.1) is 0 Å². The number of hydrogen-bond donors (Lipinski definition) is 0. The lowest BCUT2D eigenvalue weighted by atomic mass is 9.85. The van der Waals surface area contributed by atoms with Crippen molar-refractivity contribution in [3.05, 3.63) is 131 Å². The van der Waals surface area contributed by atoms with Gasteiger partial charge < -0.3 is 0 Å². The van der Waals surface area contributed by atoms with Crippen molar-refractivity contribution >= 4 is 43.9 Å². The van der Waals surface area contributed by atoms with Gasteiger partial charge in [0.1, 0.15) is 0 Å². The predicted octanol–water partition coefficient (Wildman–Crippen LogP) is 7.05. The number of carbonyl (C=O) groups excluding carboxylic acids is 2. The number of ketones is 2. The van der Waals surface area contributed by atoms with Crippen molar-refractivity contribution in [1.82, 2.24) is 0 Å². The molecular weight excluding hydrogens is 392 g/mol. The van der Waals surface area contributed by atoms with Crippen LogP contribution in [0.25, 0.3) is 32.3 Å². The van der Waals surface area contributed by atoms with Gasteiger partial charge in [0.25, 0.3) is 0 Å². The highest BCUT2D eigenvalue weighted by Gasteiger charge is 2.23. The van der Waals surface area contributed by atoms with E-state index < -0.39 is 0 Å². The third-order valence-corrected chi connectivity index (χ3v) is 6.19. The van der Waals surface area contributed by atoms with Crippen LogP contribution in [0.2, 0.25) is 0 Å². The minimum Gasteiger partial charge on any atom is -0.289 e. The van der Waals surface area contributed by atoms with Gasteiger partial charge in [0.05, 0.1) is 0 Å². The fourth-order valence-corrected chi connectivity index (χ4v) is 4.71. The van der Waals surface area contributed by atoms with Crippen molar-refractivity contribution in [3.63, 3.8) is 0 Å². The molecule has 2 nitrogen and oxygen atoms in total. The van der Waals surface area contributed by atoms with Gasteiger partial charge in [-0.05, 0) is 39.1 Å². The molecule has 0 saturated heterocycles. The zero-order valence-corrected chi connectivity index (χ0v) is 17.2. The van der Waals surface area contributed by atoms with E-state index in [2.05, 4.69) is 18.2 Å². The summed E-state index contributed by atoms with van der Waals surface area (Å²) in [4.78, 5) is 27.3. The average Bonchev–Trinajstić information content (AvgIpc) is 2.87. The van der Waals surface area contributed by atoms with E-state index in [-0.39, 0.29) is 11.6 Å². The Kier molecular flexibility index (Phi) is 4.12.